The van der Waals surface area contributed by atoms with Crippen molar-refractivity contribution < 1.29 is 0 Å². The Morgan fingerprint density at radius 2 is 2.45 bits per heavy atom. The van der Waals surface area contributed by atoms with E-state index in [9.17, 15) is 0 Å². The predicted octanol–water partition coefficient (Wildman–Crippen LogP) is 1.79. The fourth-order valence-electron chi connectivity index (χ4n) is 0.494. The Bertz CT molecular complexity index is 244. The zero-order valence-corrected chi connectivity index (χ0v) is 7.78. The van der Waals surface area contributed by atoms with Crippen molar-refractivity contribution >= 4 is 28.2 Å². The van der Waals surface area contributed by atoms with Gasteiger partial charge in [-0.25, -0.2) is 0 Å². The molecule has 11 heavy (non-hydrogen) atoms. The van der Waals surface area contributed by atoms with Gasteiger partial charge in [0, 0.05) is 5.75 Å². The Kier molecular flexibility index (Phi) is 3.38. The van der Waals surface area contributed by atoms with Crippen LogP contribution in [0.4, 0.5) is 5.13 Å². The minimum absolute atomic E-state index is 0.535. The normalized spacial score (nSPS) is 11.0. The minimum atomic E-state index is 0.535. The molecule has 1 aromatic heterocycles. The average Bonchev–Trinajstić information content (AvgIpc) is 2.37. The van der Waals surface area contributed by atoms with Crippen LogP contribution in [0.15, 0.2) is 16.5 Å². The van der Waals surface area contributed by atoms with Crippen LogP contribution in [0.2, 0.25) is 0 Å². The summed E-state index contributed by atoms with van der Waals surface area (Å²) in [7, 11) is 0. The van der Waals surface area contributed by atoms with Gasteiger partial charge in [0.1, 0.15) is 0 Å². The van der Waals surface area contributed by atoms with Crippen LogP contribution in [0.3, 0.4) is 0 Å². The molecule has 0 aliphatic rings. The molecule has 0 bridgehead atoms. The minimum Gasteiger partial charge on any atom is -0.374 e. The lowest BCUT2D eigenvalue weighted by Crippen LogP contribution is -1.79. The van der Waals surface area contributed by atoms with Crippen molar-refractivity contribution in [3.63, 3.8) is 0 Å². The maximum Gasteiger partial charge on any atom is 0.203 e. The molecule has 0 unspecified atom stereocenters. The zero-order chi connectivity index (χ0) is 8.10. The lowest BCUT2D eigenvalue weighted by molar-refractivity contribution is 1.02. The number of anilines is 1. The number of rotatable bonds is 3. The van der Waals surface area contributed by atoms with Crippen molar-refractivity contribution in [2.75, 3.05) is 11.5 Å². The SMILES string of the molecule is CC=CCSc1nnc(N)s1. The molecule has 0 fully saturated rings. The Balaban J connectivity index is 2.38. The molecule has 5 heteroatoms. The van der Waals surface area contributed by atoms with Gasteiger partial charge in [0.2, 0.25) is 5.13 Å². The van der Waals surface area contributed by atoms with Crippen molar-refractivity contribution in [1.29, 1.82) is 0 Å². The quantitative estimate of drug-likeness (QED) is 0.579. The highest BCUT2D eigenvalue weighted by molar-refractivity contribution is 8.01. The summed E-state index contributed by atoms with van der Waals surface area (Å²) in [5.74, 6) is 0.936. The van der Waals surface area contributed by atoms with E-state index in [1.54, 1.807) is 11.8 Å². The first kappa shape index (κ1) is 8.55. The standard InChI is InChI=1S/C6H9N3S2/c1-2-3-4-10-6-9-8-5(7)11-6/h2-3H,4H2,1H3,(H2,7,8). The number of allylic oxidation sites excluding steroid dienone is 1. The summed E-state index contributed by atoms with van der Waals surface area (Å²) in [6.07, 6.45) is 4.08. The Morgan fingerprint density at radius 3 is 3.00 bits per heavy atom. The molecule has 60 valence electrons. The van der Waals surface area contributed by atoms with E-state index in [-0.39, 0.29) is 0 Å². The van der Waals surface area contributed by atoms with Crippen LogP contribution in [0.25, 0.3) is 0 Å². The number of hydrogen-bond donors (Lipinski definition) is 1. The maximum absolute atomic E-state index is 5.40. The van der Waals surface area contributed by atoms with Crippen LogP contribution in [0, 0.1) is 0 Å². The summed E-state index contributed by atoms with van der Waals surface area (Å²) in [4.78, 5) is 0. The molecule has 0 saturated heterocycles. The van der Waals surface area contributed by atoms with E-state index in [1.165, 1.54) is 11.3 Å². The Labute approximate surface area is 73.7 Å². The summed E-state index contributed by atoms with van der Waals surface area (Å²) in [6.45, 7) is 2.00. The van der Waals surface area contributed by atoms with E-state index in [0.717, 1.165) is 10.1 Å². The zero-order valence-electron chi connectivity index (χ0n) is 6.15. The predicted molar refractivity (Wildman–Crippen MR) is 49.9 cm³/mol. The molecule has 0 aliphatic heterocycles. The van der Waals surface area contributed by atoms with Crippen LogP contribution in [-0.2, 0) is 0 Å². The Morgan fingerprint density at radius 1 is 1.64 bits per heavy atom. The summed E-state index contributed by atoms with van der Waals surface area (Å²) >= 11 is 3.07. The number of thioether (sulfide) groups is 1. The van der Waals surface area contributed by atoms with Crippen molar-refractivity contribution in [3.05, 3.63) is 12.2 Å². The molecule has 3 nitrogen and oxygen atoms in total. The van der Waals surface area contributed by atoms with Gasteiger partial charge in [0.15, 0.2) is 4.34 Å². The van der Waals surface area contributed by atoms with E-state index < -0.39 is 0 Å². The van der Waals surface area contributed by atoms with E-state index in [4.69, 9.17) is 5.73 Å². The lowest BCUT2D eigenvalue weighted by Gasteiger charge is -1.85. The topological polar surface area (TPSA) is 51.8 Å². The second-order valence-electron chi connectivity index (χ2n) is 1.79. The number of nitrogen functional groups attached to an aromatic ring is 1. The average molecular weight is 187 g/mol. The highest BCUT2D eigenvalue weighted by Gasteiger charge is 1.98. The van der Waals surface area contributed by atoms with Crippen molar-refractivity contribution in [2.45, 2.75) is 11.3 Å². The maximum atomic E-state index is 5.40. The summed E-state index contributed by atoms with van der Waals surface area (Å²) < 4.78 is 0.931. The third-order valence-electron chi connectivity index (χ3n) is 0.961. The molecule has 0 amide bonds. The van der Waals surface area contributed by atoms with E-state index in [0.29, 0.717) is 5.13 Å². The van der Waals surface area contributed by atoms with Crippen molar-refractivity contribution in [1.82, 2.24) is 10.2 Å². The molecule has 0 spiro atoms. The van der Waals surface area contributed by atoms with Crippen molar-refractivity contribution in [2.24, 2.45) is 0 Å². The highest BCUT2D eigenvalue weighted by Crippen LogP contribution is 2.23. The molecule has 0 aliphatic carbocycles. The van der Waals surface area contributed by atoms with Crippen LogP contribution < -0.4 is 5.73 Å². The van der Waals surface area contributed by atoms with Gasteiger partial charge in [-0.05, 0) is 6.92 Å². The number of nitrogens with two attached hydrogens (primary N) is 1. The number of hydrogen-bond acceptors (Lipinski definition) is 5. The second-order valence-corrected chi connectivity index (χ2v) is 4.06. The van der Waals surface area contributed by atoms with Gasteiger partial charge in [-0.2, -0.15) is 0 Å². The molecule has 1 aromatic rings. The molecule has 1 heterocycles. The fourth-order valence-corrected chi connectivity index (χ4v) is 2.06. The van der Waals surface area contributed by atoms with Gasteiger partial charge in [-0.3, -0.25) is 0 Å². The van der Waals surface area contributed by atoms with Crippen LogP contribution in [-0.4, -0.2) is 16.0 Å². The lowest BCUT2D eigenvalue weighted by atomic mass is 10.6. The monoisotopic (exact) mass is 187 g/mol. The van der Waals surface area contributed by atoms with Crippen molar-refractivity contribution in [3.8, 4) is 0 Å². The number of nitrogens with zero attached hydrogens (tertiary/aromatic N) is 2. The Hall–Kier alpha value is -0.550. The largest absolute Gasteiger partial charge is 0.374 e. The smallest absolute Gasteiger partial charge is 0.203 e. The molecule has 1 rings (SSSR count). The van der Waals surface area contributed by atoms with Gasteiger partial charge in [-0.1, -0.05) is 35.3 Å². The molecule has 0 saturated carbocycles. The number of aromatic nitrogens is 2. The molecule has 0 atom stereocenters. The van der Waals surface area contributed by atoms with Gasteiger partial charge < -0.3 is 5.73 Å². The van der Waals surface area contributed by atoms with E-state index >= 15 is 0 Å². The summed E-state index contributed by atoms with van der Waals surface area (Å²) in [6, 6.07) is 0. The summed E-state index contributed by atoms with van der Waals surface area (Å²) in [5.41, 5.74) is 5.40. The van der Waals surface area contributed by atoms with Crippen LogP contribution >= 0.6 is 23.1 Å². The second kappa shape index (κ2) is 4.35. The van der Waals surface area contributed by atoms with E-state index in [1.807, 2.05) is 13.0 Å². The molecule has 0 radical (unpaired) electrons. The first-order valence-electron chi connectivity index (χ1n) is 3.16. The van der Waals surface area contributed by atoms with Crippen LogP contribution in [0.5, 0.6) is 0 Å². The van der Waals surface area contributed by atoms with Gasteiger partial charge >= 0.3 is 0 Å². The molecule has 0 aromatic carbocycles. The summed E-state index contributed by atoms with van der Waals surface area (Å²) in [5, 5.41) is 8.09. The third-order valence-corrected chi connectivity index (χ3v) is 2.80. The van der Waals surface area contributed by atoms with Gasteiger partial charge in [0.25, 0.3) is 0 Å². The van der Waals surface area contributed by atoms with Gasteiger partial charge in [-0.15, -0.1) is 10.2 Å². The van der Waals surface area contributed by atoms with Gasteiger partial charge in [0.05, 0.1) is 0 Å². The molecular weight excluding hydrogens is 178 g/mol. The van der Waals surface area contributed by atoms with Crippen LogP contribution in [0.1, 0.15) is 6.92 Å². The third kappa shape index (κ3) is 2.90. The fraction of sp³-hybridized carbons (Fsp3) is 0.333. The first-order chi connectivity index (χ1) is 5.33. The molecular formula is C6H9N3S2. The van der Waals surface area contributed by atoms with E-state index in [2.05, 4.69) is 16.3 Å². The first-order valence-corrected chi connectivity index (χ1v) is 4.96. The molecule has 2 N–H and O–H groups in total. The highest BCUT2D eigenvalue weighted by atomic mass is 32.2.